The molecule has 0 unspecified atom stereocenters. The van der Waals surface area contributed by atoms with Crippen LogP contribution in [0, 0.1) is 6.92 Å². The van der Waals surface area contributed by atoms with Crippen LogP contribution in [0.15, 0.2) is 60.7 Å². The van der Waals surface area contributed by atoms with E-state index >= 15 is 0 Å². The number of rotatable bonds is 7. The average molecular weight is 360 g/mol. The average Bonchev–Trinajstić information content (AvgIpc) is 2.67. The van der Waals surface area contributed by atoms with Gasteiger partial charge in [0, 0.05) is 36.1 Å². The summed E-state index contributed by atoms with van der Waals surface area (Å²) in [6.45, 7) is 7.28. The van der Waals surface area contributed by atoms with Gasteiger partial charge < -0.3 is 10.2 Å². The summed E-state index contributed by atoms with van der Waals surface area (Å²) in [5, 5.41) is 3.23. The van der Waals surface area contributed by atoms with Crippen molar-refractivity contribution in [2.45, 2.75) is 27.3 Å². The molecule has 0 amide bonds. The number of nitrogens with one attached hydrogen (secondary N) is 1. The number of ketones is 1. The standard InChI is InChI=1S/C22H24N4O/c1-4-26(15-18-8-6-5-7-9-18)21-14-16(2)23-22(25-21)24-20-12-10-19(11-13-20)17(3)27/h5-14H,4,15H2,1-3H3,(H,23,24,25). The number of carbonyl (C=O) groups excluding carboxylic acids is 1. The van der Waals surface area contributed by atoms with Gasteiger partial charge in [0.15, 0.2) is 5.78 Å². The van der Waals surface area contributed by atoms with Crippen molar-refractivity contribution in [2.75, 3.05) is 16.8 Å². The highest BCUT2D eigenvalue weighted by molar-refractivity contribution is 5.94. The second-order valence-electron chi connectivity index (χ2n) is 6.45. The maximum atomic E-state index is 11.4. The van der Waals surface area contributed by atoms with Gasteiger partial charge in [-0.15, -0.1) is 0 Å². The minimum absolute atomic E-state index is 0.0511. The van der Waals surface area contributed by atoms with Crippen LogP contribution in [0.5, 0.6) is 0 Å². The predicted octanol–water partition coefficient (Wildman–Crippen LogP) is 4.76. The number of nitrogens with zero attached hydrogens (tertiary/aromatic N) is 3. The molecule has 0 atom stereocenters. The maximum absolute atomic E-state index is 11.4. The lowest BCUT2D eigenvalue weighted by molar-refractivity contribution is 0.101. The van der Waals surface area contributed by atoms with Crippen molar-refractivity contribution in [1.82, 2.24) is 9.97 Å². The zero-order valence-corrected chi connectivity index (χ0v) is 15.9. The Balaban J connectivity index is 1.81. The lowest BCUT2D eigenvalue weighted by Crippen LogP contribution is -2.23. The first-order chi connectivity index (χ1) is 13.0. The molecule has 1 heterocycles. The summed E-state index contributed by atoms with van der Waals surface area (Å²) in [7, 11) is 0. The third-order valence-corrected chi connectivity index (χ3v) is 4.31. The lowest BCUT2D eigenvalue weighted by Gasteiger charge is -2.23. The fraction of sp³-hybridized carbons (Fsp3) is 0.227. The number of aromatic nitrogens is 2. The first kappa shape index (κ1) is 18.6. The summed E-state index contributed by atoms with van der Waals surface area (Å²) in [6.07, 6.45) is 0. The molecule has 0 saturated carbocycles. The van der Waals surface area contributed by atoms with Crippen molar-refractivity contribution >= 4 is 23.2 Å². The lowest BCUT2D eigenvalue weighted by atomic mass is 10.1. The summed E-state index contributed by atoms with van der Waals surface area (Å²) >= 11 is 0. The molecular formula is C22H24N4O. The quantitative estimate of drug-likeness (QED) is 0.616. The third-order valence-electron chi connectivity index (χ3n) is 4.31. The Morgan fingerprint density at radius 3 is 2.37 bits per heavy atom. The van der Waals surface area contributed by atoms with E-state index in [4.69, 9.17) is 4.98 Å². The summed E-state index contributed by atoms with van der Waals surface area (Å²) in [6, 6.07) is 19.7. The zero-order chi connectivity index (χ0) is 19.2. The molecular weight excluding hydrogens is 336 g/mol. The van der Waals surface area contributed by atoms with Crippen LogP contribution in [0.4, 0.5) is 17.5 Å². The van der Waals surface area contributed by atoms with E-state index in [0.717, 1.165) is 30.3 Å². The number of aryl methyl sites for hydroxylation is 1. The van der Waals surface area contributed by atoms with Crippen LogP contribution in [0.2, 0.25) is 0 Å². The van der Waals surface area contributed by atoms with Crippen molar-refractivity contribution in [3.8, 4) is 0 Å². The second kappa shape index (κ2) is 8.45. The Kier molecular flexibility index (Phi) is 5.81. The number of benzene rings is 2. The molecule has 0 radical (unpaired) electrons. The van der Waals surface area contributed by atoms with E-state index in [9.17, 15) is 4.79 Å². The van der Waals surface area contributed by atoms with Crippen LogP contribution < -0.4 is 10.2 Å². The first-order valence-corrected chi connectivity index (χ1v) is 9.07. The summed E-state index contributed by atoms with van der Waals surface area (Å²) in [4.78, 5) is 22.8. The van der Waals surface area contributed by atoms with Gasteiger partial charge in [0.25, 0.3) is 0 Å². The Morgan fingerprint density at radius 2 is 1.74 bits per heavy atom. The number of carbonyl (C=O) groups is 1. The van der Waals surface area contributed by atoms with Gasteiger partial charge in [0.1, 0.15) is 5.82 Å². The molecule has 0 aliphatic rings. The highest BCUT2D eigenvalue weighted by Crippen LogP contribution is 2.20. The molecule has 0 fully saturated rings. The first-order valence-electron chi connectivity index (χ1n) is 9.07. The zero-order valence-electron chi connectivity index (χ0n) is 15.9. The van der Waals surface area contributed by atoms with Crippen LogP contribution in [0.3, 0.4) is 0 Å². The molecule has 1 N–H and O–H groups in total. The minimum atomic E-state index is 0.0511. The van der Waals surface area contributed by atoms with Gasteiger partial charge in [0.2, 0.25) is 5.95 Å². The molecule has 0 bridgehead atoms. The van der Waals surface area contributed by atoms with E-state index in [1.807, 2.05) is 43.3 Å². The van der Waals surface area contributed by atoms with Crippen LogP contribution >= 0.6 is 0 Å². The number of hydrogen-bond donors (Lipinski definition) is 1. The van der Waals surface area contributed by atoms with Gasteiger partial charge in [-0.1, -0.05) is 30.3 Å². The molecule has 5 nitrogen and oxygen atoms in total. The van der Waals surface area contributed by atoms with Crippen molar-refractivity contribution in [2.24, 2.45) is 0 Å². The summed E-state index contributed by atoms with van der Waals surface area (Å²) in [5.74, 6) is 1.49. The van der Waals surface area contributed by atoms with Crippen molar-refractivity contribution in [3.05, 3.63) is 77.5 Å². The molecule has 0 aliphatic carbocycles. The van der Waals surface area contributed by atoms with E-state index in [2.05, 4.69) is 34.3 Å². The smallest absolute Gasteiger partial charge is 0.229 e. The van der Waals surface area contributed by atoms with Crippen molar-refractivity contribution in [1.29, 1.82) is 0 Å². The van der Waals surface area contributed by atoms with Gasteiger partial charge in [-0.3, -0.25) is 4.79 Å². The molecule has 27 heavy (non-hydrogen) atoms. The van der Waals surface area contributed by atoms with Crippen LogP contribution in [0.25, 0.3) is 0 Å². The number of anilines is 3. The number of Topliss-reactive ketones (excluding diaryl/α,β-unsaturated/α-hetero) is 1. The van der Waals surface area contributed by atoms with Gasteiger partial charge >= 0.3 is 0 Å². The molecule has 0 spiro atoms. The van der Waals surface area contributed by atoms with E-state index in [1.165, 1.54) is 5.56 Å². The Morgan fingerprint density at radius 1 is 1.04 bits per heavy atom. The summed E-state index contributed by atoms with van der Waals surface area (Å²) < 4.78 is 0. The van der Waals surface area contributed by atoms with Crippen molar-refractivity contribution in [3.63, 3.8) is 0 Å². The normalized spacial score (nSPS) is 10.5. The maximum Gasteiger partial charge on any atom is 0.229 e. The van der Waals surface area contributed by atoms with E-state index in [1.54, 1.807) is 19.1 Å². The monoisotopic (exact) mass is 360 g/mol. The topological polar surface area (TPSA) is 58.1 Å². The minimum Gasteiger partial charge on any atom is -0.352 e. The second-order valence-corrected chi connectivity index (χ2v) is 6.45. The molecule has 5 heteroatoms. The van der Waals surface area contributed by atoms with E-state index < -0.39 is 0 Å². The Labute approximate surface area is 160 Å². The molecule has 0 saturated heterocycles. The van der Waals surface area contributed by atoms with Gasteiger partial charge in [-0.2, -0.15) is 4.98 Å². The fourth-order valence-electron chi connectivity index (χ4n) is 2.85. The SMILES string of the molecule is CCN(Cc1ccccc1)c1cc(C)nc(Nc2ccc(C(C)=O)cc2)n1. The largest absolute Gasteiger partial charge is 0.352 e. The summed E-state index contributed by atoms with van der Waals surface area (Å²) in [5.41, 5.74) is 3.67. The molecule has 2 aromatic carbocycles. The van der Waals surface area contributed by atoms with Crippen LogP contribution in [-0.2, 0) is 6.54 Å². The molecule has 1 aromatic heterocycles. The van der Waals surface area contributed by atoms with Crippen LogP contribution in [0.1, 0.15) is 35.5 Å². The molecule has 3 aromatic rings. The van der Waals surface area contributed by atoms with Gasteiger partial charge in [-0.25, -0.2) is 4.98 Å². The van der Waals surface area contributed by atoms with Gasteiger partial charge in [-0.05, 0) is 50.6 Å². The van der Waals surface area contributed by atoms with Crippen LogP contribution in [-0.4, -0.2) is 22.3 Å². The molecule has 3 rings (SSSR count). The Hall–Kier alpha value is -3.21. The third kappa shape index (κ3) is 4.91. The van der Waals surface area contributed by atoms with Crippen molar-refractivity contribution < 1.29 is 4.79 Å². The highest BCUT2D eigenvalue weighted by Gasteiger charge is 2.10. The highest BCUT2D eigenvalue weighted by atomic mass is 16.1. The van der Waals surface area contributed by atoms with E-state index in [-0.39, 0.29) is 5.78 Å². The Bertz CT molecular complexity index is 907. The molecule has 0 aliphatic heterocycles. The van der Waals surface area contributed by atoms with Gasteiger partial charge in [0.05, 0.1) is 0 Å². The predicted molar refractivity (Wildman–Crippen MR) is 110 cm³/mol. The fourth-order valence-corrected chi connectivity index (χ4v) is 2.85. The molecule has 138 valence electrons. The number of hydrogen-bond acceptors (Lipinski definition) is 5. The van der Waals surface area contributed by atoms with E-state index in [0.29, 0.717) is 11.5 Å².